The van der Waals surface area contributed by atoms with Crippen LogP contribution in [0.15, 0.2) is 29.4 Å². The van der Waals surface area contributed by atoms with Gasteiger partial charge in [-0.05, 0) is 31.4 Å². The summed E-state index contributed by atoms with van der Waals surface area (Å²) in [5.74, 6) is 1.99. The summed E-state index contributed by atoms with van der Waals surface area (Å²) in [5.41, 5.74) is 1.08. The van der Waals surface area contributed by atoms with Crippen molar-refractivity contribution in [2.75, 3.05) is 5.75 Å². The van der Waals surface area contributed by atoms with Gasteiger partial charge in [-0.15, -0.1) is 10.2 Å². The van der Waals surface area contributed by atoms with Gasteiger partial charge in [-0.3, -0.25) is 4.79 Å². The fourth-order valence-corrected chi connectivity index (χ4v) is 2.83. The maximum absolute atomic E-state index is 11.7. The Morgan fingerprint density at radius 2 is 2.17 bits per heavy atom. The average molecular weight is 332 g/mol. The molecule has 0 aliphatic heterocycles. The maximum atomic E-state index is 11.7. The van der Waals surface area contributed by atoms with Gasteiger partial charge >= 0.3 is 0 Å². The third kappa shape index (κ3) is 4.25. The van der Waals surface area contributed by atoms with E-state index in [1.807, 2.05) is 42.8 Å². The van der Waals surface area contributed by atoms with E-state index in [4.69, 9.17) is 4.74 Å². The molecule has 1 heterocycles. The molecule has 1 aliphatic rings. The van der Waals surface area contributed by atoms with E-state index in [1.54, 1.807) is 0 Å². The van der Waals surface area contributed by atoms with E-state index in [-0.39, 0.29) is 5.91 Å². The second-order valence-electron chi connectivity index (χ2n) is 5.64. The number of para-hydroxylation sites is 1. The molecular formula is C16H20N4O2S. The minimum absolute atomic E-state index is 0.0539. The first kappa shape index (κ1) is 15.9. The number of nitrogens with one attached hydrogen (secondary N) is 1. The number of aryl methyl sites for hydroxylation is 1. The highest BCUT2D eigenvalue weighted by Crippen LogP contribution is 2.21. The van der Waals surface area contributed by atoms with Crippen LogP contribution in [0, 0.1) is 6.92 Å². The standard InChI is InChI=1S/C16H20N4O2S/c1-11-5-3-4-6-13(11)22-9-14-18-19-16(20(14)2)23-10-15(21)17-12-7-8-12/h3-6,12H,7-10H2,1-2H3,(H,17,21). The summed E-state index contributed by atoms with van der Waals surface area (Å²) in [6.45, 7) is 2.36. The molecule has 6 nitrogen and oxygen atoms in total. The first-order valence-electron chi connectivity index (χ1n) is 7.62. The van der Waals surface area contributed by atoms with Gasteiger partial charge in [0.15, 0.2) is 11.0 Å². The summed E-state index contributed by atoms with van der Waals surface area (Å²) in [5, 5.41) is 12.0. The van der Waals surface area contributed by atoms with Crippen LogP contribution in [0.5, 0.6) is 5.75 Å². The third-order valence-electron chi connectivity index (χ3n) is 3.65. The molecule has 1 N–H and O–H groups in total. The lowest BCUT2D eigenvalue weighted by Crippen LogP contribution is -2.27. The number of rotatable bonds is 7. The zero-order valence-corrected chi connectivity index (χ0v) is 14.1. The monoisotopic (exact) mass is 332 g/mol. The van der Waals surface area contributed by atoms with Crippen molar-refractivity contribution >= 4 is 17.7 Å². The third-order valence-corrected chi connectivity index (χ3v) is 4.67. The number of carbonyl (C=O) groups excluding carboxylic acids is 1. The lowest BCUT2D eigenvalue weighted by atomic mass is 10.2. The van der Waals surface area contributed by atoms with Gasteiger partial charge in [-0.25, -0.2) is 0 Å². The molecule has 1 saturated carbocycles. The normalized spacial score (nSPS) is 13.8. The van der Waals surface area contributed by atoms with Crippen LogP contribution in [0.4, 0.5) is 0 Å². The fourth-order valence-electron chi connectivity index (χ4n) is 2.08. The predicted octanol–water partition coefficient (Wildman–Crippen LogP) is 2.07. The Hall–Kier alpha value is -2.02. The molecule has 0 spiro atoms. The number of thioether (sulfide) groups is 1. The number of amides is 1. The summed E-state index contributed by atoms with van der Waals surface area (Å²) < 4.78 is 7.66. The lowest BCUT2D eigenvalue weighted by Gasteiger charge is -2.08. The topological polar surface area (TPSA) is 69.0 Å². The molecule has 0 bridgehead atoms. The Morgan fingerprint density at radius 3 is 2.91 bits per heavy atom. The highest BCUT2D eigenvalue weighted by Gasteiger charge is 2.23. The molecule has 23 heavy (non-hydrogen) atoms. The van der Waals surface area contributed by atoms with Crippen molar-refractivity contribution in [3.63, 3.8) is 0 Å². The van der Waals surface area contributed by atoms with Crippen molar-refractivity contribution in [1.29, 1.82) is 0 Å². The van der Waals surface area contributed by atoms with Crippen LogP contribution in [0.1, 0.15) is 24.2 Å². The Labute approximate surface area is 139 Å². The van der Waals surface area contributed by atoms with E-state index < -0.39 is 0 Å². The van der Waals surface area contributed by atoms with Gasteiger partial charge in [-0.1, -0.05) is 30.0 Å². The summed E-state index contributed by atoms with van der Waals surface area (Å²) in [6, 6.07) is 8.25. The molecule has 122 valence electrons. The molecule has 0 unspecified atom stereocenters. The quantitative estimate of drug-likeness (QED) is 0.786. The van der Waals surface area contributed by atoms with Crippen LogP contribution in [0.3, 0.4) is 0 Å². The molecule has 0 radical (unpaired) electrons. The Morgan fingerprint density at radius 1 is 1.39 bits per heavy atom. The van der Waals surface area contributed by atoms with Crippen LogP contribution in [-0.2, 0) is 18.4 Å². The Balaban J connectivity index is 1.54. The first-order chi connectivity index (χ1) is 11.1. The molecule has 1 aromatic heterocycles. The molecule has 0 atom stereocenters. The van der Waals surface area contributed by atoms with Crippen LogP contribution in [0.25, 0.3) is 0 Å². The molecule has 0 saturated heterocycles. The van der Waals surface area contributed by atoms with Crippen molar-refractivity contribution in [2.24, 2.45) is 7.05 Å². The molecule has 1 fully saturated rings. The SMILES string of the molecule is Cc1ccccc1OCc1nnc(SCC(=O)NC2CC2)n1C. The maximum Gasteiger partial charge on any atom is 0.230 e. The number of carbonyl (C=O) groups is 1. The van der Waals surface area contributed by atoms with Crippen LogP contribution >= 0.6 is 11.8 Å². The molecule has 7 heteroatoms. The molecule has 3 rings (SSSR count). The fraction of sp³-hybridized carbons (Fsp3) is 0.438. The second kappa shape index (κ2) is 7.04. The molecule has 1 aromatic carbocycles. The van der Waals surface area contributed by atoms with Gasteiger partial charge in [0.1, 0.15) is 12.4 Å². The van der Waals surface area contributed by atoms with E-state index in [0.29, 0.717) is 18.4 Å². The highest BCUT2D eigenvalue weighted by atomic mass is 32.2. The van der Waals surface area contributed by atoms with Crippen LogP contribution in [0.2, 0.25) is 0 Å². The predicted molar refractivity (Wildman–Crippen MR) is 88.4 cm³/mol. The highest BCUT2D eigenvalue weighted by molar-refractivity contribution is 7.99. The van der Waals surface area contributed by atoms with Crippen LogP contribution < -0.4 is 10.1 Å². The lowest BCUT2D eigenvalue weighted by molar-refractivity contribution is -0.118. The molecule has 2 aromatic rings. The number of aromatic nitrogens is 3. The Bertz CT molecular complexity index is 697. The number of ether oxygens (including phenoxy) is 1. The number of hydrogen-bond donors (Lipinski definition) is 1. The van der Waals surface area contributed by atoms with Crippen molar-refractivity contribution in [2.45, 2.75) is 37.6 Å². The minimum Gasteiger partial charge on any atom is -0.485 e. The molecule has 1 aliphatic carbocycles. The zero-order valence-electron chi connectivity index (χ0n) is 13.3. The van der Waals surface area contributed by atoms with Crippen molar-refractivity contribution < 1.29 is 9.53 Å². The summed E-state index contributed by atoms with van der Waals surface area (Å²) in [4.78, 5) is 11.7. The number of nitrogens with zero attached hydrogens (tertiary/aromatic N) is 3. The summed E-state index contributed by atoms with van der Waals surface area (Å²) in [7, 11) is 1.89. The van der Waals surface area contributed by atoms with Gasteiger partial charge < -0.3 is 14.6 Å². The molecular weight excluding hydrogens is 312 g/mol. The van der Waals surface area contributed by atoms with Gasteiger partial charge in [0.25, 0.3) is 0 Å². The number of benzene rings is 1. The minimum atomic E-state index is 0.0539. The van der Waals surface area contributed by atoms with Crippen molar-refractivity contribution in [3.05, 3.63) is 35.7 Å². The first-order valence-corrected chi connectivity index (χ1v) is 8.61. The molecule has 1 amide bonds. The van der Waals surface area contributed by atoms with E-state index in [1.165, 1.54) is 11.8 Å². The van der Waals surface area contributed by atoms with E-state index in [9.17, 15) is 4.79 Å². The van der Waals surface area contributed by atoms with Crippen LogP contribution in [-0.4, -0.2) is 32.5 Å². The average Bonchev–Trinajstić information content (AvgIpc) is 3.28. The zero-order chi connectivity index (χ0) is 16.2. The second-order valence-corrected chi connectivity index (χ2v) is 6.58. The number of hydrogen-bond acceptors (Lipinski definition) is 5. The summed E-state index contributed by atoms with van der Waals surface area (Å²) >= 11 is 1.39. The van der Waals surface area contributed by atoms with Gasteiger partial charge in [0.05, 0.1) is 5.75 Å². The Kier molecular flexibility index (Phi) is 4.85. The van der Waals surface area contributed by atoms with Crippen molar-refractivity contribution in [3.8, 4) is 5.75 Å². The van der Waals surface area contributed by atoms with Gasteiger partial charge in [-0.2, -0.15) is 0 Å². The van der Waals surface area contributed by atoms with Gasteiger partial charge in [0, 0.05) is 13.1 Å². The van der Waals surface area contributed by atoms with Crippen molar-refractivity contribution in [1.82, 2.24) is 20.1 Å². The van der Waals surface area contributed by atoms with E-state index in [2.05, 4.69) is 15.5 Å². The van der Waals surface area contributed by atoms with Gasteiger partial charge in [0.2, 0.25) is 5.91 Å². The smallest absolute Gasteiger partial charge is 0.230 e. The van der Waals surface area contributed by atoms with E-state index >= 15 is 0 Å². The summed E-state index contributed by atoms with van der Waals surface area (Å²) in [6.07, 6.45) is 2.20. The van der Waals surface area contributed by atoms with E-state index in [0.717, 1.165) is 35.1 Å². The largest absolute Gasteiger partial charge is 0.485 e.